The average Bonchev–Trinajstić information content (AvgIpc) is 2.27. The van der Waals surface area contributed by atoms with Crippen LogP contribution in [0.25, 0.3) is 0 Å². The van der Waals surface area contributed by atoms with Crippen molar-refractivity contribution < 1.29 is 9.18 Å². The van der Waals surface area contributed by atoms with Gasteiger partial charge >= 0.3 is 0 Å². The highest BCUT2D eigenvalue weighted by Gasteiger charge is 2.19. The summed E-state index contributed by atoms with van der Waals surface area (Å²) in [5, 5.41) is -0.102. The number of hydrogen-bond donors (Lipinski definition) is 0. The molecule has 88 valence electrons. The van der Waals surface area contributed by atoms with E-state index >= 15 is 0 Å². The van der Waals surface area contributed by atoms with Gasteiger partial charge in [0.05, 0.1) is 15.6 Å². The summed E-state index contributed by atoms with van der Waals surface area (Å²) in [7, 11) is 0. The van der Waals surface area contributed by atoms with Crippen molar-refractivity contribution >= 4 is 29.1 Å². The van der Waals surface area contributed by atoms with Gasteiger partial charge in [0.2, 0.25) is 0 Å². The van der Waals surface area contributed by atoms with E-state index in [4.69, 9.17) is 23.2 Å². The molecule has 0 radical (unpaired) electrons. The highest BCUT2D eigenvalue weighted by molar-refractivity contribution is 6.42. The summed E-state index contributed by atoms with van der Waals surface area (Å²) in [5.41, 5.74) is -0.0434. The molecule has 1 aromatic rings. The fourth-order valence-electron chi connectivity index (χ4n) is 1.37. The van der Waals surface area contributed by atoms with Gasteiger partial charge in [0, 0.05) is 13.1 Å². The van der Waals surface area contributed by atoms with E-state index in [1.54, 1.807) is 0 Å². The molecule has 0 saturated heterocycles. The molecule has 0 aliphatic carbocycles. The number of hydrogen-bond acceptors (Lipinski definition) is 1. The van der Waals surface area contributed by atoms with Crippen LogP contribution in [0.2, 0.25) is 10.0 Å². The van der Waals surface area contributed by atoms with Gasteiger partial charge in [-0.25, -0.2) is 4.39 Å². The molecule has 0 heterocycles. The van der Waals surface area contributed by atoms with Gasteiger partial charge in [-0.15, -0.1) is 0 Å². The van der Waals surface area contributed by atoms with E-state index in [2.05, 4.69) is 0 Å². The minimum Gasteiger partial charge on any atom is -0.339 e. The van der Waals surface area contributed by atoms with Crippen LogP contribution in [0.1, 0.15) is 24.2 Å². The number of halogens is 3. The quantitative estimate of drug-likeness (QED) is 0.763. The van der Waals surface area contributed by atoms with Gasteiger partial charge in [-0.1, -0.05) is 23.2 Å². The normalized spacial score (nSPS) is 10.3. The summed E-state index contributed by atoms with van der Waals surface area (Å²) in [4.78, 5) is 13.4. The number of amides is 1. The molecule has 0 bridgehead atoms. The lowest BCUT2D eigenvalue weighted by Gasteiger charge is -2.19. The zero-order chi connectivity index (χ0) is 12.3. The van der Waals surface area contributed by atoms with Crippen molar-refractivity contribution in [3.8, 4) is 0 Å². The lowest BCUT2D eigenvalue weighted by molar-refractivity contribution is 0.0768. The Morgan fingerprint density at radius 3 is 2.38 bits per heavy atom. The molecule has 1 rings (SSSR count). The van der Waals surface area contributed by atoms with Crippen LogP contribution in [-0.4, -0.2) is 23.9 Å². The first-order valence-corrected chi connectivity index (χ1v) is 5.71. The molecule has 5 heteroatoms. The van der Waals surface area contributed by atoms with Gasteiger partial charge in [0.25, 0.3) is 5.91 Å². The van der Waals surface area contributed by atoms with Crippen molar-refractivity contribution in [1.29, 1.82) is 0 Å². The fourth-order valence-corrected chi connectivity index (χ4v) is 1.68. The number of benzene rings is 1. The predicted octanol–water partition coefficient (Wildman–Crippen LogP) is 3.61. The molecule has 0 aliphatic heterocycles. The topological polar surface area (TPSA) is 20.3 Å². The molecule has 1 aromatic carbocycles. The molecule has 16 heavy (non-hydrogen) atoms. The molecule has 0 saturated carbocycles. The summed E-state index contributed by atoms with van der Waals surface area (Å²) in [6, 6.07) is 2.77. The van der Waals surface area contributed by atoms with Crippen molar-refractivity contribution in [3.05, 3.63) is 33.6 Å². The average molecular weight is 264 g/mol. The Hall–Kier alpha value is -0.800. The zero-order valence-electron chi connectivity index (χ0n) is 9.06. The van der Waals surface area contributed by atoms with Gasteiger partial charge in [-0.2, -0.15) is 0 Å². The van der Waals surface area contributed by atoms with Crippen LogP contribution >= 0.6 is 23.2 Å². The summed E-state index contributed by atoms with van der Waals surface area (Å²) in [6.07, 6.45) is 0. The summed E-state index contributed by atoms with van der Waals surface area (Å²) in [6.45, 7) is 4.71. The molecular weight excluding hydrogens is 252 g/mol. The van der Waals surface area contributed by atoms with Gasteiger partial charge in [0.15, 0.2) is 5.82 Å². The third kappa shape index (κ3) is 2.47. The minimum atomic E-state index is -0.758. The van der Waals surface area contributed by atoms with Crippen molar-refractivity contribution in [2.45, 2.75) is 13.8 Å². The van der Waals surface area contributed by atoms with E-state index in [9.17, 15) is 9.18 Å². The van der Waals surface area contributed by atoms with E-state index in [0.29, 0.717) is 13.1 Å². The van der Waals surface area contributed by atoms with E-state index in [1.807, 2.05) is 13.8 Å². The van der Waals surface area contributed by atoms with Crippen LogP contribution < -0.4 is 0 Å². The molecule has 0 aromatic heterocycles. The Labute approximate surface area is 104 Å². The second-order valence-electron chi connectivity index (χ2n) is 3.20. The third-order valence-corrected chi connectivity index (χ3v) is 3.10. The second kappa shape index (κ2) is 5.51. The van der Waals surface area contributed by atoms with E-state index in [0.717, 1.165) is 0 Å². The summed E-state index contributed by atoms with van der Waals surface area (Å²) in [5.74, 6) is -1.13. The van der Waals surface area contributed by atoms with Crippen LogP contribution in [0.4, 0.5) is 4.39 Å². The highest BCUT2D eigenvalue weighted by atomic mass is 35.5. The number of carbonyl (C=O) groups excluding carboxylic acids is 1. The summed E-state index contributed by atoms with van der Waals surface area (Å²) < 4.78 is 13.7. The third-order valence-electron chi connectivity index (χ3n) is 2.32. The number of rotatable bonds is 3. The van der Waals surface area contributed by atoms with E-state index < -0.39 is 5.82 Å². The number of nitrogens with zero attached hydrogens (tertiary/aromatic N) is 1. The maximum absolute atomic E-state index is 13.7. The van der Waals surface area contributed by atoms with Crippen LogP contribution in [0, 0.1) is 5.82 Å². The van der Waals surface area contributed by atoms with Gasteiger partial charge in [0.1, 0.15) is 0 Å². The maximum Gasteiger partial charge on any atom is 0.256 e. The monoisotopic (exact) mass is 263 g/mol. The zero-order valence-corrected chi connectivity index (χ0v) is 10.6. The largest absolute Gasteiger partial charge is 0.339 e. The van der Waals surface area contributed by atoms with E-state index in [1.165, 1.54) is 17.0 Å². The SMILES string of the molecule is CCN(CC)C(=O)c1ccc(Cl)c(Cl)c1F. The van der Waals surface area contributed by atoms with Crippen LogP contribution in [0.3, 0.4) is 0 Å². The lowest BCUT2D eigenvalue weighted by Crippen LogP contribution is -2.31. The molecule has 1 amide bonds. The lowest BCUT2D eigenvalue weighted by atomic mass is 10.2. The number of carbonyl (C=O) groups is 1. The first-order chi connectivity index (χ1) is 7.52. The smallest absolute Gasteiger partial charge is 0.256 e. The molecule has 0 atom stereocenters. The highest BCUT2D eigenvalue weighted by Crippen LogP contribution is 2.27. The molecule has 0 aliphatic rings. The Bertz CT molecular complexity index is 405. The van der Waals surface area contributed by atoms with Crippen LogP contribution in [0.15, 0.2) is 12.1 Å². The van der Waals surface area contributed by atoms with Crippen molar-refractivity contribution in [3.63, 3.8) is 0 Å². The van der Waals surface area contributed by atoms with Crippen molar-refractivity contribution in [2.24, 2.45) is 0 Å². The van der Waals surface area contributed by atoms with Crippen molar-refractivity contribution in [1.82, 2.24) is 4.90 Å². The van der Waals surface area contributed by atoms with Crippen molar-refractivity contribution in [2.75, 3.05) is 13.1 Å². The van der Waals surface area contributed by atoms with Crippen LogP contribution in [-0.2, 0) is 0 Å². The summed E-state index contributed by atoms with van der Waals surface area (Å²) >= 11 is 11.3. The van der Waals surface area contributed by atoms with Gasteiger partial charge in [-0.05, 0) is 26.0 Å². The van der Waals surface area contributed by atoms with Gasteiger partial charge in [-0.3, -0.25) is 4.79 Å². The fraction of sp³-hybridized carbons (Fsp3) is 0.364. The minimum absolute atomic E-state index is 0.0434. The first-order valence-electron chi connectivity index (χ1n) is 4.95. The molecular formula is C11H12Cl2FNO. The first kappa shape index (κ1) is 13.3. The Morgan fingerprint density at radius 1 is 1.31 bits per heavy atom. The Morgan fingerprint density at radius 2 is 1.88 bits per heavy atom. The van der Waals surface area contributed by atoms with Crippen LogP contribution in [0.5, 0.6) is 0 Å². The molecule has 0 unspecified atom stereocenters. The molecule has 0 fully saturated rings. The maximum atomic E-state index is 13.7. The molecule has 0 spiro atoms. The van der Waals surface area contributed by atoms with Gasteiger partial charge < -0.3 is 4.90 Å². The molecule has 0 N–H and O–H groups in total. The Balaban J connectivity index is 3.14. The standard InChI is InChI=1S/C11H12Cl2FNO/c1-3-15(4-2)11(16)7-5-6-8(12)9(13)10(7)14/h5-6H,3-4H2,1-2H3. The second-order valence-corrected chi connectivity index (χ2v) is 3.99. The van der Waals surface area contributed by atoms with E-state index in [-0.39, 0.29) is 21.5 Å². The predicted molar refractivity (Wildman–Crippen MR) is 63.7 cm³/mol. The molecule has 2 nitrogen and oxygen atoms in total. The Kier molecular flexibility index (Phi) is 4.56.